The van der Waals surface area contributed by atoms with Crippen molar-refractivity contribution in [3.63, 3.8) is 0 Å². The maximum absolute atomic E-state index is 12.5. The van der Waals surface area contributed by atoms with Gasteiger partial charge in [-0.3, -0.25) is 4.79 Å². The second-order valence-corrected chi connectivity index (χ2v) is 6.59. The van der Waals surface area contributed by atoms with Crippen molar-refractivity contribution >= 4 is 39.0 Å². The molecule has 1 aromatic heterocycles. The zero-order valence-corrected chi connectivity index (χ0v) is 11.2. The molecule has 2 heterocycles. The highest BCUT2D eigenvalue weighted by Crippen LogP contribution is 2.32. The number of benzene rings is 1. The zero-order valence-electron chi connectivity index (χ0n) is 9.52. The summed E-state index contributed by atoms with van der Waals surface area (Å²) in [4.78, 5) is 12.5. The van der Waals surface area contributed by atoms with E-state index in [9.17, 15) is 4.79 Å². The Morgan fingerprint density at radius 1 is 1.24 bits per heavy atom. The van der Waals surface area contributed by atoms with Crippen LogP contribution < -0.4 is 0 Å². The molecule has 88 valence electrons. The van der Waals surface area contributed by atoms with Gasteiger partial charge in [-0.25, -0.2) is 0 Å². The molecule has 1 nitrogen and oxygen atoms in total. The Kier molecular flexibility index (Phi) is 3.21. The van der Waals surface area contributed by atoms with E-state index in [-0.39, 0.29) is 5.25 Å². The number of thioether (sulfide) groups is 1. The Morgan fingerprint density at radius 3 is 2.94 bits per heavy atom. The highest BCUT2D eigenvalue weighted by Gasteiger charge is 2.24. The normalized spacial score (nSPS) is 20.6. The standard InChI is InChI=1S/C14H14OS2/c15-14(13-7-3-4-8-16-13)11-9-17-12-6-2-1-5-10(11)12/h1-2,5-6,9,13H,3-4,7-8H2. The third-order valence-corrected chi connectivity index (χ3v) is 5.56. The summed E-state index contributed by atoms with van der Waals surface area (Å²) >= 11 is 3.51. The quantitative estimate of drug-likeness (QED) is 0.748. The van der Waals surface area contributed by atoms with Crippen molar-refractivity contribution in [3.05, 3.63) is 35.2 Å². The number of carbonyl (C=O) groups is 1. The average molecular weight is 262 g/mol. The lowest BCUT2D eigenvalue weighted by Crippen LogP contribution is -2.20. The van der Waals surface area contributed by atoms with Crippen molar-refractivity contribution in [1.82, 2.24) is 0 Å². The van der Waals surface area contributed by atoms with Gasteiger partial charge in [0, 0.05) is 21.0 Å². The number of carbonyl (C=O) groups excluding carboxylic acids is 1. The van der Waals surface area contributed by atoms with Gasteiger partial charge in [-0.15, -0.1) is 11.3 Å². The summed E-state index contributed by atoms with van der Waals surface area (Å²) in [5.41, 5.74) is 0.935. The maximum atomic E-state index is 12.5. The van der Waals surface area contributed by atoms with E-state index in [1.165, 1.54) is 17.5 Å². The first kappa shape index (κ1) is 11.3. The molecule has 1 aliphatic heterocycles. The number of rotatable bonds is 2. The van der Waals surface area contributed by atoms with Crippen LogP contribution in [0.25, 0.3) is 10.1 Å². The summed E-state index contributed by atoms with van der Waals surface area (Å²) in [5, 5.41) is 3.36. The van der Waals surface area contributed by atoms with Crippen LogP contribution in [0.15, 0.2) is 29.6 Å². The number of fused-ring (bicyclic) bond motifs is 1. The van der Waals surface area contributed by atoms with E-state index in [2.05, 4.69) is 12.1 Å². The van der Waals surface area contributed by atoms with E-state index in [0.717, 1.165) is 23.1 Å². The van der Waals surface area contributed by atoms with Crippen LogP contribution in [0.3, 0.4) is 0 Å². The molecule has 3 heteroatoms. The van der Waals surface area contributed by atoms with E-state index < -0.39 is 0 Å². The molecule has 17 heavy (non-hydrogen) atoms. The average Bonchev–Trinajstić information content (AvgIpc) is 2.83. The number of hydrogen-bond donors (Lipinski definition) is 0. The Labute approximate surface area is 109 Å². The molecule has 1 unspecified atom stereocenters. The Bertz CT molecular complexity index is 538. The van der Waals surface area contributed by atoms with Crippen molar-refractivity contribution in [3.8, 4) is 0 Å². The first-order valence-electron chi connectivity index (χ1n) is 5.98. The van der Waals surface area contributed by atoms with Gasteiger partial charge >= 0.3 is 0 Å². The molecule has 1 aliphatic rings. The van der Waals surface area contributed by atoms with Gasteiger partial charge in [0.1, 0.15) is 0 Å². The lowest BCUT2D eigenvalue weighted by molar-refractivity contribution is 0.0987. The zero-order chi connectivity index (χ0) is 11.7. The van der Waals surface area contributed by atoms with Crippen LogP contribution in [0.5, 0.6) is 0 Å². The second kappa shape index (κ2) is 4.83. The van der Waals surface area contributed by atoms with Crippen LogP contribution in [0.1, 0.15) is 29.6 Å². The summed E-state index contributed by atoms with van der Waals surface area (Å²) in [6.07, 6.45) is 3.51. The van der Waals surface area contributed by atoms with E-state index in [4.69, 9.17) is 0 Å². The van der Waals surface area contributed by atoms with Crippen LogP contribution in [0.2, 0.25) is 0 Å². The molecular weight excluding hydrogens is 248 g/mol. The SMILES string of the molecule is O=C(c1csc2ccccc12)C1CCCCS1. The molecule has 3 rings (SSSR count). The fourth-order valence-electron chi connectivity index (χ4n) is 2.29. The third-order valence-electron chi connectivity index (χ3n) is 3.22. The number of Topliss-reactive ketones (excluding diaryl/α,β-unsaturated/α-hetero) is 1. The highest BCUT2D eigenvalue weighted by molar-refractivity contribution is 8.00. The van der Waals surface area contributed by atoms with Gasteiger partial charge in [0.25, 0.3) is 0 Å². The van der Waals surface area contributed by atoms with Crippen molar-refractivity contribution in [2.75, 3.05) is 5.75 Å². The summed E-state index contributed by atoms with van der Waals surface area (Å²) in [7, 11) is 0. The van der Waals surface area contributed by atoms with Crippen LogP contribution in [-0.2, 0) is 0 Å². The summed E-state index contributed by atoms with van der Waals surface area (Å²) < 4.78 is 1.22. The predicted octanol–water partition coefficient (Wildman–Crippen LogP) is 4.37. The molecule has 0 amide bonds. The van der Waals surface area contributed by atoms with E-state index in [0.29, 0.717) is 5.78 Å². The highest BCUT2D eigenvalue weighted by atomic mass is 32.2. The van der Waals surface area contributed by atoms with Gasteiger partial charge in [0.15, 0.2) is 5.78 Å². The number of hydrogen-bond acceptors (Lipinski definition) is 3. The Morgan fingerprint density at radius 2 is 2.12 bits per heavy atom. The van der Waals surface area contributed by atoms with Gasteiger partial charge < -0.3 is 0 Å². The maximum Gasteiger partial charge on any atom is 0.177 e. The molecule has 1 aromatic carbocycles. The van der Waals surface area contributed by atoms with Gasteiger partial charge in [-0.2, -0.15) is 11.8 Å². The molecular formula is C14H14OS2. The third kappa shape index (κ3) is 2.14. The van der Waals surface area contributed by atoms with Crippen LogP contribution in [0, 0.1) is 0 Å². The van der Waals surface area contributed by atoms with E-state index in [1.54, 1.807) is 11.3 Å². The lowest BCUT2D eigenvalue weighted by Gasteiger charge is -2.19. The molecule has 0 spiro atoms. The summed E-state index contributed by atoms with van der Waals surface area (Å²) in [6.45, 7) is 0. The monoisotopic (exact) mass is 262 g/mol. The van der Waals surface area contributed by atoms with Gasteiger partial charge in [0.05, 0.1) is 5.25 Å². The largest absolute Gasteiger partial charge is 0.293 e. The summed E-state index contributed by atoms with van der Waals surface area (Å²) in [5.74, 6) is 1.48. The molecule has 0 bridgehead atoms. The Balaban J connectivity index is 1.95. The summed E-state index contributed by atoms with van der Waals surface area (Å²) in [6, 6.07) is 8.19. The number of thiophene rings is 1. The molecule has 1 saturated heterocycles. The second-order valence-electron chi connectivity index (χ2n) is 4.37. The smallest absolute Gasteiger partial charge is 0.177 e. The topological polar surface area (TPSA) is 17.1 Å². The minimum absolute atomic E-state index is 0.196. The first-order chi connectivity index (χ1) is 8.36. The molecule has 0 radical (unpaired) electrons. The minimum atomic E-state index is 0.196. The van der Waals surface area contributed by atoms with Crippen LogP contribution >= 0.6 is 23.1 Å². The predicted molar refractivity (Wildman–Crippen MR) is 76.3 cm³/mol. The van der Waals surface area contributed by atoms with Crippen molar-refractivity contribution < 1.29 is 4.79 Å². The fraction of sp³-hybridized carbons (Fsp3) is 0.357. The molecule has 1 atom stereocenters. The lowest BCUT2D eigenvalue weighted by atomic mass is 10.0. The molecule has 1 fully saturated rings. The van der Waals surface area contributed by atoms with Crippen molar-refractivity contribution in [2.45, 2.75) is 24.5 Å². The molecule has 0 N–H and O–H groups in total. The van der Waals surface area contributed by atoms with Crippen molar-refractivity contribution in [1.29, 1.82) is 0 Å². The molecule has 2 aromatic rings. The molecule has 0 saturated carbocycles. The minimum Gasteiger partial charge on any atom is -0.293 e. The Hall–Kier alpha value is -0.800. The van der Waals surface area contributed by atoms with Crippen LogP contribution in [0.4, 0.5) is 0 Å². The number of ketones is 1. The molecule has 0 aliphatic carbocycles. The first-order valence-corrected chi connectivity index (χ1v) is 7.91. The van der Waals surface area contributed by atoms with Gasteiger partial charge in [0.2, 0.25) is 0 Å². The van der Waals surface area contributed by atoms with Gasteiger partial charge in [-0.05, 0) is 24.7 Å². The van der Waals surface area contributed by atoms with Crippen LogP contribution in [-0.4, -0.2) is 16.8 Å². The fourth-order valence-corrected chi connectivity index (χ4v) is 4.51. The van der Waals surface area contributed by atoms with Gasteiger partial charge in [-0.1, -0.05) is 24.6 Å². The van der Waals surface area contributed by atoms with E-state index in [1.807, 2.05) is 29.3 Å². The van der Waals surface area contributed by atoms with E-state index >= 15 is 0 Å². The van der Waals surface area contributed by atoms with Crippen molar-refractivity contribution in [2.24, 2.45) is 0 Å².